The average molecular weight is 379 g/mol. The fourth-order valence-electron chi connectivity index (χ4n) is 3.16. The van der Waals surface area contributed by atoms with Crippen LogP contribution in [0, 0.1) is 0 Å². The first-order valence-corrected chi connectivity index (χ1v) is 9.10. The van der Waals surface area contributed by atoms with Gasteiger partial charge in [0.15, 0.2) is 0 Å². The Labute approximate surface area is 167 Å². The van der Waals surface area contributed by atoms with Gasteiger partial charge in [0.05, 0.1) is 29.0 Å². The number of allylic oxidation sites excluding steroid dienone is 2. The lowest BCUT2D eigenvalue weighted by atomic mass is 10.1. The van der Waals surface area contributed by atoms with E-state index in [0.29, 0.717) is 0 Å². The monoisotopic (exact) mass is 379 g/mol. The first-order chi connectivity index (χ1) is 14.3. The van der Waals surface area contributed by atoms with Crippen LogP contribution in [0.4, 0.5) is 5.69 Å². The number of benzene rings is 2. The molecule has 0 spiro atoms. The largest absolute Gasteiger partial charge is 0.240 e. The molecule has 1 aliphatic heterocycles. The average Bonchev–Trinajstić information content (AvgIpc) is 3.47. The Kier molecular flexibility index (Phi) is 4.10. The molecule has 0 saturated carbocycles. The molecule has 140 valence electrons. The summed E-state index contributed by atoms with van der Waals surface area (Å²) >= 11 is 0. The fraction of sp³-hybridized carbons (Fsp3) is 0. The highest BCUT2D eigenvalue weighted by Gasteiger charge is 2.18. The molecule has 3 heterocycles. The lowest BCUT2D eigenvalue weighted by molar-refractivity contribution is 0.868. The lowest BCUT2D eigenvalue weighted by Gasteiger charge is -2.22. The van der Waals surface area contributed by atoms with Crippen LogP contribution in [0.3, 0.4) is 0 Å². The van der Waals surface area contributed by atoms with Gasteiger partial charge in [0.2, 0.25) is 0 Å². The molecule has 0 fully saturated rings. The zero-order chi connectivity index (χ0) is 19.6. The summed E-state index contributed by atoms with van der Waals surface area (Å²) in [6.45, 7) is 4.16. The molecule has 0 atom stereocenters. The van der Waals surface area contributed by atoms with Crippen molar-refractivity contribution in [1.29, 1.82) is 0 Å². The molecule has 0 N–H and O–H groups in total. The van der Waals surface area contributed by atoms with E-state index in [1.165, 1.54) is 6.33 Å². The number of hydrogen-bond donors (Lipinski definition) is 0. The second kappa shape index (κ2) is 7.05. The van der Waals surface area contributed by atoms with Crippen molar-refractivity contribution in [2.45, 2.75) is 0 Å². The predicted molar refractivity (Wildman–Crippen MR) is 112 cm³/mol. The Balaban J connectivity index is 1.49. The molecule has 0 aliphatic carbocycles. The Hall–Kier alpha value is -4.26. The minimum Gasteiger partial charge on any atom is -0.240 e. The summed E-state index contributed by atoms with van der Waals surface area (Å²) in [6.07, 6.45) is 8.81. The van der Waals surface area contributed by atoms with E-state index in [4.69, 9.17) is 5.10 Å². The predicted octanol–water partition coefficient (Wildman–Crippen LogP) is 3.75. The smallest absolute Gasteiger partial charge is 0.138 e. The first-order valence-electron chi connectivity index (χ1n) is 9.10. The Bertz CT molecular complexity index is 1200. The fourth-order valence-corrected chi connectivity index (χ4v) is 3.16. The van der Waals surface area contributed by atoms with Gasteiger partial charge in [-0.2, -0.15) is 15.3 Å². The highest BCUT2D eigenvalue weighted by atomic mass is 15.5. The van der Waals surface area contributed by atoms with Gasteiger partial charge in [0.1, 0.15) is 18.4 Å². The van der Waals surface area contributed by atoms with Crippen molar-refractivity contribution in [3.8, 4) is 11.4 Å². The summed E-state index contributed by atoms with van der Waals surface area (Å²) in [5, 5.41) is 15.3. The van der Waals surface area contributed by atoms with Crippen molar-refractivity contribution >= 4 is 11.4 Å². The van der Waals surface area contributed by atoms with Gasteiger partial charge >= 0.3 is 0 Å². The van der Waals surface area contributed by atoms with Gasteiger partial charge in [0.25, 0.3) is 0 Å². The Morgan fingerprint density at radius 3 is 2.34 bits per heavy atom. The van der Waals surface area contributed by atoms with Crippen molar-refractivity contribution in [3.05, 3.63) is 110 Å². The van der Waals surface area contributed by atoms with Crippen molar-refractivity contribution in [1.82, 2.24) is 24.5 Å². The zero-order valence-electron chi connectivity index (χ0n) is 15.5. The topological polar surface area (TPSA) is 64.1 Å². The van der Waals surface area contributed by atoms with Crippen LogP contribution in [0.1, 0.15) is 5.69 Å². The zero-order valence-corrected chi connectivity index (χ0v) is 15.5. The molecule has 2 aromatic carbocycles. The van der Waals surface area contributed by atoms with E-state index in [-0.39, 0.29) is 0 Å². The third kappa shape index (κ3) is 3.14. The summed E-state index contributed by atoms with van der Waals surface area (Å²) in [6, 6.07) is 19.9. The van der Waals surface area contributed by atoms with Gasteiger partial charge in [-0.05, 0) is 54.1 Å². The molecule has 4 aromatic rings. The van der Waals surface area contributed by atoms with Crippen LogP contribution in [-0.4, -0.2) is 30.3 Å². The van der Waals surface area contributed by atoms with Crippen LogP contribution in [0.2, 0.25) is 0 Å². The van der Waals surface area contributed by atoms with Crippen molar-refractivity contribution in [2.24, 2.45) is 5.10 Å². The quantitative estimate of drug-likeness (QED) is 0.542. The first kappa shape index (κ1) is 16.9. The molecule has 7 heteroatoms. The molecular formula is C22H17N7. The molecule has 0 radical (unpaired) electrons. The van der Waals surface area contributed by atoms with Gasteiger partial charge in [0, 0.05) is 6.20 Å². The molecule has 5 rings (SSSR count). The highest BCUT2D eigenvalue weighted by molar-refractivity contribution is 6.14. The normalized spacial score (nSPS) is 13.6. The van der Waals surface area contributed by atoms with Crippen molar-refractivity contribution in [2.75, 3.05) is 5.01 Å². The maximum atomic E-state index is 4.82. The minimum absolute atomic E-state index is 0.772. The van der Waals surface area contributed by atoms with Crippen molar-refractivity contribution in [3.63, 3.8) is 0 Å². The molecule has 0 unspecified atom stereocenters. The number of hydrazone groups is 1. The SMILES string of the molecule is C=C1C=CN(c2ccc(-n3cncn3)cc2)N=C1c1ccnn1-c1ccccc1. The standard InChI is InChI=1S/C22H17N7/c1-17-12-14-27(18-7-9-19(10-8-18)28-16-23-15-25-28)26-22(17)21-11-13-24-29(21)20-5-3-2-4-6-20/h2-16H,1H2. The second-order valence-corrected chi connectivity index (χ2v) is 6.45. The molecule has 1 aliphatic rings. The molecule has 0 saturated heterocycles. The van der Waals surface area contributed by atoms with Crippen LogP contribution in [-0.2, 0) is 0 Å². The van der Waals surface area contributed by atoms with E-state index in [0.717, 1.165) is 34.0 Å². The molecule has 2 aromatic heterocycles. The van der Waals surface area contributed by atoms with Gasteiger partial charge < -0.3 is 0 Å². The Morgan fingerprint density at radius 2 is 1.59 bits per heavy atom. The molecule has 0 amide bonds. The van der Waals surface area contributed by atoms with Gasteiger partial charge in [-0.3, -0.25) is 0 Å². The van der Waals surface area contributed by atoms with Gasteiger partial charge in [-0.25, -0.2) is 19.4 Å². The summed E-state index contributed by atoms with van der Waals surface area (Å²) in [4.78, 5) is 3.98. The van der Waals surface area contributed by atoms with E-state index >= 15 is 0 Å². The summed E-state index contributed by atoms with van der Waals surface area (Å²) in [5.41, 5.74) is 5.33. The molecule has 29 heavy (non-hydrogen) atoms. The highest BCUT2D eigenvalue weighted by Crippen LogP contribution is 2.24. The van der Waals surface area contributed by atoms with E-state index in [1.54, 1.807) is 17.2 Å². The van der Waals surface area contributed by atoms with Crippen LogP contribution in [0.25, 0.3) is 11.4 Å². The number of nitrogens with zero attached hydrogens (tertiary/aromatic N) is 7. The summed E-state index contributed by atoms with van der Waals surface area (Å²) < 4.78 is 3.58. The van der Waals surface area contributed by atoms with Crippen molar-refractivity contribution < 1.29 is 0 Å². The summed E-state index contributed by atoms with van der Waals surface area (Å²) in [7, 11) is 0. The molecule has 0 bridgehead atoms. The minimum atomic E-state index is 0.772. The maximum Gasteiger partial charge on any atom is 0.138 e. The number of para-hydroxylation sites is 1. The van der Waals surface area contributed by atoms with Crippen LogP contribution in [0.15, 0.2) is 109 Å². The van der Waals surface area contributed by atoms with Gasteiger partial charge in [-0.15, -0.1) is 0 Å². The van der Waals surface area contributed by atoms with E-state index in [9.17, 15) is 0 Å². The number of hydrogen-bond acceptors (Lipinski definition) is 5. The van der Waals surface area contributed by atoms with Crippen LogP contribution < -0.4 is 5.01 Å². The second-order valence-electron chi connectivity index (χ2n) is 6.45. The molecule has 7 nitrogen and oxygen atoms in total. The third-order valence-corrected chi connectivity index (χ3v) is 4.61. The number of rotatable bonds is 4. The number of anilines is 1. The van der Waals surface area contributed by atoms with Crippen LogP contribution in [0.5, 0.6) is 0 Å². The van der Waals surface area contributed by atoms with Gasteiger partial charge in [-0.1, -0.05) is 24.8 Å². The third-order valence-electron chi connectivity index (χ3n) is 4.61. The van der Waals surface area contributed by atoms with E-state index < -0.39 is 0 Å². The maximum absolute atomic E-state index is 4.82. The lowest BCUT2D eigenvalue weighted by Crippen LogP contribution is -2.20. The number of aromatic nitrogens is 5. The summed E-state index contributed by atoms with van der Waals surface area (Å²) in [5.74, 6) is 0. The van der Waals surface area contributed by atoms with Crippen LogP contribution >= 0.6 is 0 Å². The molecular weight excluding hydrogens is 362 g/mol. The van der Waals surface area contributed by atoms with E-state index in [1.807, 2.05) is 82.6 Å². The van der Waals surface area contributed by atoms with E-state index in [2.05, 4.69) is 21.8 Å². The Morgan fingerprint density at radius 1 is 0.793 bits per heavy atom.